The van der Waals surface area contributed by atoms with E-state index in [1.165, 1.54) is 0 Å². The number of carbonyl (C=O) groups is 1. The molecule has 1 aromatic carbocycles. The summed E-state index contributed by atoms with van der Waals surface area (Å²) in [7, 11) is 0. The number of β-amino-alcohol motifs (C(OH)–C–C–N with tert-alkyl or cyclic N) is 1. The van der Waals surface area contributed by atoms with Crippen LogP contribution in [0.25, 0.3) is 0 Å². The van der Waals surface area contributed by atoms with E-state index >= 15 is 0 Å². The highest BCUT2D eigenvalue weighted by Crippen LogP contribution is 2.30. The van der Waals surface area contributed by atoms with Gasteiger partial charge in [0.15, 0.2) is 5.82 Å². The Labute approximate surface area is 90.3 Å². The first kappa shape index (κ1) is 10.8. The molecule has 4 nitrogen and oxygen atoms in total. The molecule has 0 aromatic heterocycles. The van der Waals surface area contributed by atoms with E-state index in [4.69, 9.17) is 5.73 Å². The number of nitrogen functional groups attached to an aromatic ring is 1. The number of aliphatic hydroxyl groups is 1. The number of aliphatic hydroxyl groups excluding tert-OH is 1. The maximum atomic E-state index is 13.2. The molecule has 1 amide bonds. The molecular formula is C10H10F2N2O2. The number of amides is 1. The van der Waals surface area contributed by atoms with Crippen LogP contribution in [-0.2, 0) is 4.79 Å². The molecule has 3 N–H and O–H groups in total. The summed E-state index contributed by atoms with van der Waals surface area (Å²) in [6, 6.07) is 1.63. The molecule has 1 aliphatic rings. The van der Waals surface area contributed by atoms with Gasteiger partial charge in [-0.15, -0.1) is 0 Å². The molecule has 1 aliphatic heterocycles. The molecule has 1 unspecified atom stereocenters. The van der Waals surface area contributed by atoms with Crippen molar-refractivity contribution in [3.63, 3.8) is 0 Å². The number of benzene rings is 1. The van der Waals surface area contributed by atoms with Crippen molar-refractivity contribution < 1.29 is 18.7 Å². The fourth-order valence-corrected chi connectivity index (χ4v) is 1.72. The summed E-state index contributed by atoms with van der Waals surface area (Å²) in [6.45, 7) is 0.00588. The molecule has 86 valence electrons. The summed E-state index contributed by atoms with van der Waals surface area (Å²) in [6.07, 6.45) is -0.879. The number of hydrogen-bond donors (Lipinski definition) is 2. The topological polar surface area (TPSA) is 66.6 Å². The first-order chi connectivity index (χ1) is 7.49. The fourth-order valence-electron chi connectivity index (χ4n) is 1.72. The highest BCUT2D eigenvalue weighted by molar-refractivity contribution is 5.98. The van der Waals surface area contributed by atoms with Gasteiger partial charge < -0.3 is 15.7 Å². The van der Waals surface area contributed by atoms with E-state index in [0.29, 0.717) is 6.07 Å². The number of carbonyl (C=O) groups excluding carboxylic acids is 1. The summed E-state index contributed by atoms with van der Waals surface area (Å²) in [5.41, 5.74) is 5.11. The van der Waals surface area contributed by atoms with E-state index in [2.05, 4.69) is 0 Å². The van der Waals surface area contributed by atoms with Gasteiger partial charge >= 0.3 is 0 Å². The van der Waals surface area contributed by atoms with Crippen molar-refractivity contribution in [3.8, 4) is 0 Å². The van der Waals surface area contributed by atoms with Gasteiger partial charge in [0.2, 0.25) is 5.91 Å². The van der Waals surface area contributed by atoms with Crippen molar-refractivity contribution in [1.82, 2.24) is 0 Å². The first-order valence-corrected chi connectivity index (χ1v) is 4.72. The van der Waals surface area contributed by atoms with Crippen LogP contribution in [0.2, 0.25) is 0 Å². The molecule has 0 radical (unpaired) electrons. The largest absolute Gasteiger partial charge is 0.395 e. The van der Waals surface area contributed by atoms with Crippen LogP contribution in [0.3, 0.4) is 0 Å². The van der Waals surface area contributed by atoms with Crippen molar-refractivity contribution in [2.45, 2.75) is 12.5 Å². The minimum atomic E-state index is -0.913. The van der Waals surface area contributed by atoms with Crippen LogP contribution in [0, 0.1) is 11.6 Å². The third-order valence-corrected chi connectivity index (χ3v) is 2.47. The molecule has 0 saturated carbocycles. The van der Waals surface area contributed by atoms with Crippen molar-refractivity contribution in [1.29, 1.82) is 0 Å². The maximum Gasteiger partial charge on any atom is 0.229 e. The second kappa shape index (κ2) is 3.71. The molecule has 0 aliphatic carbocycles. The lowest BCUT2D eigenvalue weighted by Crippen LogP contribution is -2.26. The molecule has 2 rings (SSSR count). The molecule has 6 heteroatoms. The summed E-state index contributed by atoms with van der Waals surface area (Å²) in [5.74, 6) is -2.12. The average Bonchev–Trinajstić information content (AvgIpc) is 2.51. The summed E-state index contributed by atoms with van der Waals surface area (Å²) in [5, 5.41) is 9.27. The lowest BCUT2D eigenvalue weighted by Gasteiger charge is -2.18. The van der Waals surface area contributed by atoms with Crippen LogP contribution in [0.1, 0.15) is 6.42 Å². The van der Waals surface area contributed by atoms with E-state index in [9.17, 15) is 18.7 Å². The van der Waals surface area contributed by atoms with E-state index in [1.807, 2.05) is 0 Å². The summed E-state index contributed by atoms with van der Waals surface area (Å²) < 4.78 is 26.1. The van der Waals surface area contributed by atoms with Gasteiger partial charge in [-0.2, -0.15) is 0 Å². The van der Waals surface area contributed by atoms with Gasteiger partial charge in [-0.1, -0.05) is 0 Å². The average molecular weight is 228 g/mol. The molecule has 1 aromatic rings. The van der Waals surface area contributed by atoms with Gasteiger partial charge in [0.25, 0.3) is 0 Å². The zero-order chi connectivity index (χ0) is 11.9. The SMILES string of the molecule is Nc1c(F)cc(F)cc1N1CC(O)CC1=O. The van der Waals surface area contributed by atoms with E-state index < -0.39 is 23.6 Å². The van der Waals surface area contributed by atoms with Gasteiger partial charge in [-0.3, -0.25) is 4.79 Å². The Kier molecular flexibility index (Phi) is 2.51. The number of halogens is 2. The quantitative estimate of drug-likeness (QED) is 0.693. The Morgan fingerprint density at radius 3 is 2.69 bits per heavy atom. The Morgan fingerprint density at radius 1 is 1.44 bits per heavy atom. The Hall–Kier alpha value is -1.69. The highest BCUT2D eigenvalue weighted by atomic mass is 19.1. The number of nitrogens with zero attached hydrogens (tertiary/aromatic N) is 1. The molecule has 1 atom stereocenters. The maximum absolute atomic E-state index is 13.2. The Morgan fingerprint density at radius 2 is 2.12 bits per heavy atom. The van der Waals surface area contributed by atoms with Gasteiger partial charge in [-0.25, -0.2) is 8.78 Å². The van der Waals surface area contributed by atoms with Crippen molar-refractivity contribution in [2.24, 2.45) is 0 Å². The molecule has 0 bridgehead atoms. The van der Waals surface area contributed by atoms with E-state index in [0.717, 1.165) is 11.0 Å². The van der Waals surface area contributed by atoms with Crippen LogP contribution in [-0.4, -0.2) is 23.7 Å². The number of nitrogens with two attached hydrogens (primary N) is 1. The molecule has 0 spiro atoms. The second-order valence-corrected chi connectivity index (χ2v) is 3.68. The smallest absolute Gasteiger partial charge is 0.229 e. The standard InChI is InChI=1S/C10H10F2N2O2/c11-5-1-7(12)10(13)8(2-5)14-4-6(15)3-9(14)16/h1-2,6,15H,3-4,13H2. The Bertz CT molecular complexity index is 451. The predicted molar refractivity (Wildman–Crippen MR) is 53.7 cm³/mol. The molecule has 1 saturated heterocycles. The van der Waals surface area contributed by atoms with Crippen molar-refractivity contribution in [2.75, 3.05) is 17.2 Å². The fraction of sp³-hybridized carbons (Fsp3) is 0.300. The predicted octanol–water partition coefficient (Wildman–Crippen LogP) is 0.645. The van der Waals surface area contributed by atoms with Gasteiger partial charge in [0.05, 0.1) is 30.4 Å². The Balaban J connectivity index is 2.44. The molecular weight excluding hydrogens is 218 g/mol. The lowest BCUT2D eigenvalue weighted by atomic mass is 10.2. The molecule has 16 heavy (non-hydrogen) atoms. The lowest BCUT2D eigenvalue weighted by molar-refractivity contribution is -0.117. The first-order valence-electron chi connectivity index (χ1n) is 4.72. The normalized spacial score (nSPS) is 20.6. The van der Waals surface area contributed by atoms with Gasteiger partial charge in [-0.05, 0) is 6.07 Å². The number of rotatable bonds is 1. The third kappa shape index (κ3) is 1.71. The summed E-state index contributed by atoms with van der Waals surface area (Å²) >= 11 is 0. The summed E-state index contributed by atoms with van der Waals surface area (Å²) in [4.78, 5) is 12.5. The van der Waals surface area contributed by atoms with Crippen LogP contribution >= 0.6 is 0 Å². The number of hydrogen-bond acceptors (Lipinski definition) is 3. The van der Waals surface area contributed by atoms with E-state index in [1.54, 1.807) is 0 Å². The monoisotopic (exact) mass is 228 g/mol. The van der Waals surface area contributed by atoms with Crippen molar-refractivity contribution >= 4 is 17.3 Å². The minimum Gasteiger partial charge on any atom is -0.395 e. The third-order valence-electron chi connectivity index (χ3n) is 2.47. The van der Waals surface area contributed by atoms with Crippen LogP contribution in [0.4, 0.5) is 20.2 Å². The zero-order valence-corrected chi connectivity index (χ0v) is 8.28. The van der Waals surface area contributed by atoms with Crippen LogP contribution in [0.5, 0.6) is 0 Å². The van der Waals surface area contributed by atoms with Crippen LogP contribution in [0.15, 0.2) is 12.1 Å². The second-order valence-electron chi connectivity index (χ2n) is 3.68. The number of anilines is 2. The zero-order valence-electron chi connectivity index (χ0n) is 8.28. The molecule has 1 fully saturated rings. The minimum absolute atomic E-state index is 0.00588. The van der Waals surface area contributed by atoms with Crippen molar-refractivity contribution in [3.05, 3.63) is 23.8 Å². The van der Waals surface area contributed by atoms with Gasteiger partial charge in [0, 0.05) is 6.07 Å². The molecule has 1 heterocycles. The van der Waals surface area contributed by atoms with Gasteiger partial charge in [0.1, 0.15) is 5.82 Å². The van der Waals surface area contributed by atoms with Crippen LogP contribution < -0.4 is 10.6 Å². The van der Waals surface area contributed by atoms with E-state index in [-0.39, 0.29) is 24.3 Å². The highest BCUT2D eigenvalue weighted by Gasteiger charge is 2.31.